The van der Waals surface area contributed by atoms with Crippen LogP contribution in [0, 0.1) is 12.8 Å². The zero-order valence-electron chi connectivity index (χ0n) is 17.4. The maximum atomic E-state index is 12.1. The van der Waals surface area contributed by atoms with Crippen molar-refractivity contribution in [3.05, 3.63) is 41.9 Å². The lowest BCUT2D eigenvalue weighted by Gasteiger charge is -2.31. The Bertz CT molecular complexity index is 759. The van der Waals surface area contributed by atoms with Crippen LogP contribution in [-0.4, -0.2) is 69.7 Å². The van der Waals surface area contributed by atoms with E-state index in [1.807, 2.05) is 32.4 Å². The molecule has 0 aliphatic carbocycles. The summed E-state index contributed by atoms with van der Waals surface area (Å²) in [5.74, 6) is 2.02. The first-order chi connectivity index (χ1) is 14.5. The number of carbonyl (C=O) groups is 3. The number of furan rings is 1. The minimum Gasteiger partial charge on any atom is -0.483 e. The third-order valence-corrected chi connectivity index (χ3v) is 4.90. The average Bonchev–Trinajstić information content (AvgIpc) is 3.34. The van der Waals surface area contributed by atoms with Crippen LogP contribution < -0.4 is 5.32 Å². The molecule has 0 spiro atoms. The zero-order valence-corrected chi connectivity index (χ0v) is 17.4. The minimum absolute atomic E-state index is 0.102. The van der Waals surface area contributed by atoms with Crippen molar-refractivity contribution in [3.8, 4) is 0 Å². The summed E-state index contributed by atoms with van der Waals surface area (Å²) in [6, 6.07) is 1.81. The van der Waals surface area contributed by atoms with E-state index >= 15 is 0 Å². The molecule has 3 rings (SSSR count). The van der Waals surface area contributed by atoms with Crippen molar-refractivity contribution < 1.29 is 29.0 Å². The number of likely N-dealkylation sites (tertiary alicyclic amines) is 1. The summed E-state index contributed by atoms with van der Waals surface area (Å²) >= 11 is 0. The van der Waals surface area contributed by atoms with Crippen LogP contribution in [0.15, 0.2) is 29.1 Å². The molecular formula is C20H30N4O6. The molecule has 2 aromatic heterocycles. The topological polar surface area (TPSA) is 138 Å². The summed E-state index contributed by atoms with van der Waals surface area (Å²) in [7, 11) is 2.04. The van der Waals surface area contributed by atoms with E-state index in [1.54, 1.807) is 6.26 Å². The van der Waals surface area contributed by atoms with Crippen molar-refractivity contribution in [2.24, 2.45) is 13.0 Å². The Labute approximate surface area is 175 Å². The van der Waals surface area contributed by atoms with Gasteiger partial charge < -0.3 is 29.4 Å². The summed E-state index contributed by atoms with van der Waals surface area (Å²) in [5, 5.41) is 16.8. The Kier molecular flexibility index (Phi) is 11.6. The fraction of sp³-hybridized carbons (Fsp3) is 0.500. The molecule has 30 heavy (non-hydrogen) atoms. The van der Waals surface area contributed by atoms with E-state index in [4.69, 9.17) is 24.2 Å². The van der Waals surface area contributed by atoms with Gasteiger partial charge in [0.25, 0.3) is 18.9 Å². The molecule has 0 atom stereocenters. The van der Waals surface area contributed by atoms with Crippen LogP contribution in [0.4, 0.5) is 0 Å². The first-order valence-corrected chi connectivity index (χ1v) is 9.63. The van der Waals surface area contributed by atoms with Crippen molar-refractivity contribution in [3.63, 3.8) is 0 Å². The summed E-state index contributed by atoms with van der Waals surface area (Å²) < 4.78 is 7.31. The number of carboxylic acid groups (broad SMARTS) is 2. The predicted molar refractivity (Wildman–Crippen MR) is 109 cm³/mol. The highest BCUT2D eigenvalue weighted by Crippen LogP contribution is 2.17. The van der Waals surface area contributed by atoms with Gasteiger partial charge in [-0.3, -0.25) is 14.4 Å². The number of piperidine rings is 1. The molecule has 1 amide bonds. The molecule has 2 aromatic rings. The van der Waals surface area contributed by atoms with Crippen LogP contribution in [0.3, 0.4) is 0 Å². The standard InChI is InChI=1S/C18H26N4O2.2CH2O2/c1-14-6-12-24-17(14)18(23)20-13-15-3-8-22(9-4-15)10-5-16-19-7-11-21(16)2;2*2-1-3/h6-7,11-12,15H,3-5,8-10,13H2,1-2H3,(H,20,23);2*1H,(H,2,3). The first kappa shape index (κ1) is 24.9. The van der Waals surface area contributed by atoms with E-state index in [2.05, 4.69) is 19.8 Å². The molecule has 0 radical (unpaired) electrons. The van der Waals surface area contributed by atoms with E-state index in [1.165, 1.54) is 0 Å². The molecule has 10 heteroatoms. The second kappa shape index (κ2) is 13.9. The lowest BCUT2D eigenvalue weighted by Crippen LogP contribution is -2.39. The number of aryl methyl sites for hydroxylation is 2. The van der Waals surface area contributed by atoms with E-state index in [9.17, 15) is 4.79 Å². The predicted octanol–water partition coefficient (Wildman–Crippen LogP) is 1.41. The Morgan fingerprint density at radius 1 is 1.30 bits per heavy atom. The lowest BCUT2D eigenvalue weighted by molar-refractivity contribution is -0.123. The molecule has 0 saturated carbocycles. The Morgan fingerprint density at radius 3 is 2.43 bits per heavy atom. The Morgan fingerprint density at radius 2 is 1.93 bits per heavy atom. The molecule has 1 aliphatic rings. The molecule has 0 unspecified atom stereocenters. The minimum atomic E-state index is -0.250. The fourth-order valence-electron chi connectivity index (χ4n) is 3.23. The zero-order chi connectivity index (χ0) is 22.4. The number of imidazole rings is 1. The lowest BCUT2D eigenvalue weighted by atomic mass is 9.96. The third kappa shape index (κ3) is 8.48. The highest BCUT2D eigenvalue weighted by atomic mass is 16.4. The van der Waals surface area contributed by atoms with Crippen LogP contribution in [0.2, 0.25) is 0 Å². The van der Waals surface area contributed by atoms with Crippen molar-refractivity contribution in [2.45, 2.75) is 26.2 Å². The van der Waals surface area contributed by atoms with Crippen LogP contribution in [0.25, 0.3) is 0 Å². The number of aromatic nitrogens is 2. The number of nitrogens with one attached hydrogen (secondary N) is 1. The average molecular weight is 422 g/mol. The van der Waals surface area contributed by atoms with E-state index in [-0.39, 0.29) is 18.9 Å². The van der Waals surface area contributed by atoms with E-state index in [0.29, 0.717) is 11.7 Å². The summed E-state index contributed by atoms with van der Waals surface area (Å²) in [5.41, 5.74) is 0.886. The molecule has 1 fully saturated rings. The monoisotopic (exact) mass is 422 g/mol. The summed E-state index contributed by atoms with van der Waals surface area (Å²) in [6.07, 6.45) is 8.64. The summed E-state index contributed by atoms with van der Waals surface area (Å²) in [4.78, 5) is 35.7. The van der Waals surface area contributed by atoms with Gasteiger partial charge in [-0.25, -0.2) is 4.98 Å². The Balaban J connectivity index is 0.000000672. The summed E-state index contributed by atoms with van der Waals surface area (Å²) in [6.45, 7) is 5.34. The van der Waals surface area contributed by atoms with Crippen LogP contribution in [-0.2, 0) is 23.1 Å². The maximum Gasteiger partial charge on any atom is 0.290 e. The van der Waals surface area contributed by atoms with Gasteiger partial charge in [0, 0.05) is 44.5 Å². The number of hydrogen-bond acceptors (Lipinski definition) is 6. The smallest absolute Gasteiger partial charge is 0.290 e. The molecule has 3 N–H and O–H groups in total. The van der Waals surface area contributed by atoms with Crippen molar-refractivity contribution in [1.29, 1.82) is 0 Å². The van der Waals surface area contributed by atoms with Crippen LogP contribution in [0.5, 0.6) is 0 Å². The van der Waals surface area contributed by atoms with Crippen molar-refractivity contribution in [2.75, 3.05) is 26.2 Å². The molecule has 0 bridgehead atoms. The molecule has 10 nitrogen and oxygen atoms in total. The molecule has 1 aliphatic heterocycles. The molecule has 166 valence electrons. The van der Waals surface area contributed by atoms with Crippen molar-refractivity contribution in [1.82, 2.24) is 19.8 Å². The van der Waals surface area contributed by atoms with Crippen LogP contribution >= 0.6 is 0 Å². The highest BCUT2D eigenvalue weighted by Gasteiger charge is 2.21. The Hall–Kier alpha value is -3.14. The number of rotatable bonds is 6. The van der Waals surface area contributed by atoms with Gasteiger partial charge in [-0.1, -0.05) is 0 Å². The molecule has 1 saturated heterocycles. The quantitative estimate of drug-likeness (QED) is 0.594. The second-order valence-corrected chi connectivity index (χ2v) is 6.84. The van der Waals surface area contributed by atoms with Crippen molar-refractivity contribution >= 4 is 18.9 Å². The largest absolute Gasteiger partial charge is 0.483 e. The highest BCUT2D eigenvalue weighted by molar-refractivity contribution is 5.92. The van der Waals surface area contributed by atoms with Gasteiger partial charge in [-0.15, -0.1) is 0 Å². The third-order valence-electron chi connectivity index (χ3n) is 4.90. The molecular weight excluding hydrogens is 392 g/mol. The van der Waals surface area contributed by atoms with Gasteiger partial charge in [0.15, 0.2) is 5.76 Å². The number of carbonyl (C=O) groups excluding carboxylic acids is 1. The molecule has 0 aromatic carbocycles. The van der Waals surface area contributed by atoms with Gasteiger partial charge in [0.1, 0.15) is 5.82 Å². The van der Waals surface area contributed by atoms with E-state index in [0.717, 1.165) is 56.8 Å². The number of hydrogen-bond donors (Lipinski definition) is 3. The normalized spacial score (nSPS) is 13.9. The van der Waals surface area contributed by atoms with Gasteiger partial charge in [0.2, 0.25) is 0 Å². The van der Waals surface area contributed by atoms with Gasteiger partial charge in [-0.05, 0) is 44.8 Å². The number of nitrogens with zero attached hydrogens (tertiary/aromatic N) is 3. The van der Waals surface area contributed by atoms with Gasteiger partial charge >= 0.3 is 0 Å². The second-order valence-electron chi connectivity index (χ2n) is 6.84. The van der Waals surface area contributed by atoms with Crippen LogP contribution in [0.1, 0.15) is 34.8 Å². The molecule has 3 heterocycles. The fourth-order valence-corrected chi connectivity index (χ4v) is 3.23. The van der Waals surface area contributed by atoms with Gasteiger partial charge in [-0.2, -0.15) is 0 Å². The maximum absolute atomic E-state index is 12.1. The SMILES string of the molecule is Cc1ccoc1C(=O)NCC1CCN(CCc2nccn2C)CC1.O=CO.O=CO. The first-order valence-electron chi connectivity index (χ1n) is 9.63. The van der Waals surface area contributed by atoms with E-state index < -0.39 is 0 Å². The number of amides is 1. The van der Waals surface area contributed by atoms with Gasteiger partial charge in [0.05, 0.1) is 6.26 Å².